The van der Waals surface area contributed by atoms with E-state index in [1.54, 1.807) is 0 Å². The average molecular weight is 194 g/mol. The molecule has 2 nitrogen and oxygen atoms in total. The van der Waals surface area contributed by atoms with E-state index in [9.17, 15) is 0 Å². The van der Waals surface area contributed by atoms with Crippen LogP contribution >= 0.6 is 0 Å². The Morgan fingerprint density at radius 1 is 0.867 bits per heavy atom. The van der Waals surface area contributed by atoms with Crippen LogP contribution in [-0.4, -0.2) is 0 Å². The van der Waals surface area contributed by atoms with E-state index in [1.165, 1.54) is 0 Å². The molecular formula is C13H10N2. The number of anilines is 3. The van der Waals surface area contributed by atoms with E-state index < -0.39 is 0 Å². The van der Waals surface area contributed by atoms with Crippen molar-refractivity contribution in [1.29, 1.82) is 0 Å². The van der Waals surface area contributed by atoms with Gasteiger partial charge in [-0.1, -0.05) is 30.3 Å². The summed E-state index contributed by atoms with van der Waals surface area (Å²) in [5, 5.41) is 3.12. The quantitative estimate of drug-likeness (QED) is 0.749. The second-order valence-electron chi connectivity index (χ2n) is 3.42. The van der Waals surface area contributed by atoms with Gasteiger partial charge in [0.2, 0.25) is 6.67 Å². The largest absolute Gasteiger partial charge is 0.353 e. The molecule has 0 aliphatic carbocycles. The number of para-hydroxylation sites is 3. The maximum Gasteiger partial charge on any atom is 0.210 e. The summed E-state index contributed by atoms with van der Waals surface area (Å²) in [6.45, 7) is 3.12. The van der Waals surface area contributed by atoms with Crippen molar-refractivity contribution in [2.45, 2.75) is 0 Å². The van der Waals surface area contributed by atoms with Gasteiger partial charge in [0.15, 0.2) is 0 Å². The summed E-state index contributed by atoms with van der Waals surface area (Å²) in [5.74, 6) is 0. The summed E-state index contributed by atoms with van der Waals surface area (Å²) >= 11 is 0. The number of nitrogens with zero attached hydrogens (tertiary/aromatic N) is 1. The van der Waals surface area contributed by atoms with Crippen LogP contribution in [0.3, 0.4) is 0 Å². The van der Waals surface area contributed by atoms with Crippen molar-refractivity contribution >= 4 is 17.1 Å². The summed E-state index contributed by atoms with van der Waals surface area (Å²) in [6, 6.07) is 18.4. The third-order valence-electron chi connectivity index (χ3n) is 2.46. The highest BCUT2D eigenvalue weighted by molar-refractivity contribution is 5.83. The molecule has 0 amide bonds. The van der Waals surface area contributed by atoms with E-state index in [-0.39, 0.29) is 0 Å². The molecule has 3 rings (SSSR count). The van der Waals surface area contributed by atoms with Gasteiger partial charge in [0.25, 0.3) is 0 Å². The van der Waals surface area contributed by atoms with Crippen LogP contribution in [-0.2, 0) is 0 Å². The molecule has 1 N–H and O–H groups in total. The lowest BCUT2D eigenvalue weighted by Crippen LogP contribution is -2.09. The lowest BCUT2D eigenvalue weighted by molar-refractivity contribution is 1.23. The van der Waals surface area contributed by atoms with Gasteiger partial charge in [-0.2, -0.15) is 0 Å². The number of benzene rings is 2. The number of fused-ring (bicyclic) bond motifs is 1. The summed E-state index contributed by atoms with van der Waals surface area (Å²) in [6.07, 6.45) is 0. The van der Waals surface area contributed by atoms with Crippen LogP contribution in [0.5, 0.6) is 0 Å². The van der Waals surface area contributed by atoms with Crippen molar-refractivity contribution in [1.82, 2.24) is 0 Å². The Bertz CT molecular complexity index is 465. The smallest absolute Gasteiger partial charge is 0.210 e. The van der Waals surface area contributed by atoms with Crippen molar-refractivity contribution in [3.63, 3.8) is 0 Å². The Hall–Kier alpha value is -1.96. The van der Waals surface area contributed by atoms with Gasteiger partial charge >= 0.3 is 0 Å². The van der Waals surface area contributed by atoms with Crippen LogP contribution in [0.2, 0.25) is 0 Å². The van der Waals surface area contributed by atoms with Gasteiger partial charge in [0, 0.05) is 5.69 Å². The fraction of sp³-hybridized carbons (Fsp3) is 0. The molecule has 15 heavy (non-hydrogen) atoms. The van der Waals surface area contributed by atoms with Crippen molar-refractivity contribution in [2.24, 2.45) is 0 Å². The minimum Gasteiger partial charge on any atom is -0.353 e. The molecule has 2 aromatic rings. The lowest BCUT2D eigenvalue weighted by Gasteiger charge is -2.15. The Morgan fingerprint density at radius 3 is 2.47 bits per heavy atom. The Balaban J connectivity index is 2.05. The van der Waals surface area contributed by atoms with Gasteiger partial charge in [-0.25, -0.2) is 0 Å². The van der Waals surface area contributed by atoms with E-state index in [1.807, 2.05) is 41.3 Å². The first-order valence-electron chi connectivity index (χ1n) is 4.91. The molecule has 0 bridgehead atoms. The molecule has 2 radical (unpaired) electrons. The molecule has 2 aromatic carbocycles. The first-order chi connectivity index (χ1) is 7.45. The van der Waals surface area contributed by atoms with Crippen LogP contribution in [0.1, 0.15) is 0 Å². The highest BCUT2D eigenvalue weighted by Gasteiger charge is 2.20. The Morgan fingerprint density at radius 2 is 1.60 bits per heavy atom. The van der Waals surface area contributed by atoms with Crippen molar-refractivity contribution in [3.05, 3.63) is 61.3 Å². The van der Waals surface area contributed by atoms with E-state index in [0.717, 1.165) is 17.1 Å². The molecular weight excluding hydrogens is 184 g/mol. The number of hydrogen-bond donors (Lipinski definition) is 1. The number of hydrogen-bond acceptors (Lipinski definition) is 2. The normalized spacial score (nSPS) is 13.5. The highest BCUT2D eigenvalue weighted by Crippen LogP contribution is 2.37. The lowest BCUT2D eigenvalue weighted by atomic mass is 10.2. The van der Waals surface area contributed by atoms with E-state index >= 15 is 0 Å². The van der Waals surface area contributed by atoms with Crippen molar-refractivity contribution in [2.75, 3.05) is 10.2 Å². The highest BCUT2D eigenvalue weighted by atomic mass is 15.3. The van der Waals surface area contributed by atoms with Crippen molar-refractivity contribution in [3.8, 4) is 0 Å². The van der Waals surface area contributed by atoms with Gasteiger partial charge in [-0.15, -0.1) is 0 Å². The molecule has 0 fully saturated rings. The fourth-order valence-corrected chi connectivity index (χ4v) is 1.73. The van der Waals surface area contributed by atoms with Crippen LogP contribution < -0.4 is 10.2 Å². The minimum atomic E-state index is 1.10. The van der Waals surface area contributed by atoms with E-state index in [0.29, 0.717) is 0 Å². The molecule has 1 aliphatic heterocycles. The Labute approximate surface area is 89.2 Å². The summed E-state index contributed by atoms with van der Waals surface area (Å²) in [7, 11) is 0. The standard InChI is InChI=1S/C13H10N2/c1-2-6-11(7-3-1)15-10-14-12-8-4-5-9-13(12)15/h1-9,14H. The van der Waals surface area contributed by atoms with Gasteiger partial charge < -0.3 is 10.2 Å². The number of nitrogens with one attached hydrogen (secondary N) is 1. The van der Waals surface area contributed by atoms with E-state index in [2.05, 4.69) is 30.2 Å². The second-order valence-corrected chi connectivity index (χ2v) is 3.42. The zero-order valence-corrected chi connectivity index (χ0v) is 8.14. The van der Waals surface area contributed by atoms with E-state index in [4.69, 9.17) is 0 Å². The minimum absolute atomic E-state index is 1.10. The van der Waals surface area contributed by atoms with Crippen LogP contribution in [0.15, 0.2) is 54.6 Å². The first-order valence-corrected chi connectivity index (χ1v) is 4.91. The molecule has 0 atom stereocenters. The van der Waals surface area contributed by atoms with Gasteiger partial charge in [0.1, 0.15) is 0 Å². The molecule has 0 spiro atoms. The maximum absolute atomic E-state index is 3.12. The Kier molecular flexibility index (Phi) is 1.85. The topological polar surface area (TPSA) is 15.3 Å². The second kappa shape index (κ2) is 3.31. The molecule has 1 aliphatic rings. The zero-order valence-electron chi connectivity index (χ0n) is 8.14. The molecule has 72 valence electrons. The fourth-order valence-electron chi connectivity index (χ4n) is 1.73. The third-order valence-corrected chi connectivity index (χ3v) is 2.46. The molecule has 0 saturated carbocycles. The molecule has 0 aromatic heterocycles. The van der Waals surface area contributed by atoms with Gasteiger partial charge in [-0.05, 0) is 24.3 Å². The van der Waals surface area contributed by atoms with Crippen LogP contribution in [0, 0.1) is 6.67 Å². The summed E-state index contributed by atoms with van der Waals surface area (Å²) < 4.78 is 0. The summed E-state index contributed by atoms with van der Waals surface area (Å²) in [5.41, 5.74) is 3.36. The molecule has 2 heteroatoms. The first kappa shape index (κ1) is 8.36. The molecule has 0 unspecified atom stereocenters. The maximum atomic E-state index is 3.12. The number of rotatable bonds is 1. The zero-order chi connectivity index (χ0) is 10.1. The predicted octanol–water partition coefficient (Wildman–Crippen LogP) is 3.25. The summed E-state index contributed by atoms with van der Waals surface area (Å²) in [4.78, 5) is 2.02. The van der Waals surface area contributed by atoms with Crippen LogP contribution in [0.4, 0.5) is 17.1 Å². The monoisotopic (exact) mass is 194 g/mol. The molecule has 0 saturated heterocycles. The average Bonchev–Trinajstić information content (AvgIpc) is 2.74. The SMILES string of the molecule is [C]1Nc2ccccc2N1c1ccccc1. The third kappa shape index (κ3) is 1.34. The predicted molar refractivity (Wildman–Crippen MR) is 61.9 cm³/mol. The molecule has 1 heterocycles. The van der Waals surface area contributed by atoms with Crippen LogP contribution in [0.25, 0.3) is 0 Å². The van der Waals surface area contributed by atoms with Crippen molar-refractivity contribution < 1.29 is 0 Å². The van der Waals surface area contributed by atoms with Gasteiger partial charge in [-0.3, -0.25) is 0 Å². The van der Waals surface area contributed by atoms with Gasteiger partial charge in [0.05, 0.1) is 11.4 Å².